The molecule has 0 radical (unpaired) electrons. The highest BCUT2D eigenvalue weighted by atomic mass is 16.6. The highest BCUT2D eigenvalue weighted by Crippen LogP contribution is 2.30. The summed E-state index contributed by atoms with van der Waals surface area (Å²) in [6.07, 6.45) is 0. The van der Waals surface area contributed by atoms with Gasteiger partial charge in [0.25, 0.3) is 5.91 Å². The molecule has 1 unspecified atom stereocenters. The van der Waals surface area contributed by atoms with Gasteiger partial charge in [-0.1, -0.05) is 0 Å². The number of ether oxygens (including phenoxy) is 2. The Morgan fingerprint density at radius 1 is 1.26 bits per heavy atom. The van der Waals surface area contributed by atoms with Gasteiger partial charge in [-0.3, -0.25) is 4.79 Å². The summed E-state index contributed by atoms with van der Waals surface area (Å²) in [5.74, 6) is -0.915. The quantitative estimate of drug-likeness (QED) is 0.687. The summed E-state index contributed by atoms with van der Waals surface area (Å²) in [6, 6.07) is 3.22. The largest absolute Gasteiger partial charge is 0.486 e. The summed E-state index contributed by atoms with van der Waals surface area (Å²) in [4.78, 5) is 22.5. The van der Waals surface area contributed by atoms with E-state index in [0.29, 0.717) is 24.7 Å². The zero-order valence-electron chi connectivity index (χ0n) is 9.96. The van der Waals surface area contributed by atoms with Gasteiger partial charge < -0.3 is 25.0 Å². The maximum Gasteiger partial charge on any atom is 0.328 e. The summed E-state index contributed by atoms with van der Waals surface area (Å²) in [5, 5.41) is 19.8. The van der Waals surface area contributed by atoms with Gasteiger partial charge in [-0.15, -0.1) is 0 Å². The second-order valence-electron chi connectivity index (χ2n) is 3.91. The molecule has 19 heavy (non-hydrogen) atoms. The standard InChI is InChI=1S/C12H13NO6/c14-6-8(12(16)17)13-11(15)7-1-2-9-10(5-7)19-4-3-18-9/h1-2,5,8,14H,3-4,6H2,(H,13,15)(H,16,17). The molecule has 0 saturated carbocycles. The maximum atomic E-state index is 11.8. The van der Waals surface area contributed by atoms with E-state index in [4.69, 9.17) is 19.7 Å². The molecule has 7 nitrogen and oxygen atoms in total. The molecular weight excluding hydrogens is 254 g/mol. The van der Waals surface area contributed by atoms with Crippen LogP contribution in [-0.2, 0) is 4.79 Å². The monoisotopic (exact) mass is 267 g/mol. The highest BCUT2D eigenvalue weighted by Gasteiger charge is 2.21. The number of hydrogen-bond donors (Lipinski definition) is 3. The normalized spacial score (nSPS) is 14.6. The zero-order chi connectivity index (χ0) is 13.8. The predicted molar refractivity (Wildman–Crippen MR) is 63.4 cm³/mol. The molecule has 0 fully saturated rings. The van der Waals surface area contributed by atoms with E-state index in [1.807, 2.05) is 0 Å². The number of aliphatic hydroxyl groups excluding tert-OH is 1. The van der Waals surface area contributed by atoms with E-state index >= 15 is 0 Å². The fourth-order valence-corrected chi connectivity index (χ4v) is 1.61. The molecule has 1 heterocycles. The Morgan fingerprint density at radius 3 is 2.58 bits per heavy atom. The third-order valence-electron chi connectivity index (χ3n) is 2.59. The Hall–Kier alpha value is -2.28. The van der Waals surface area contributed by atoms with Crippen LogP contribution in [0.2, 0.25) is 0 Å². The minimum atomic E-state index is -1.33. The lowest BCUT2D eigenvalue weighted by atomic mass is 10.1. The van der Waals surface area contributed by atoms with Gasteiger partial charge in [-0.05, 0) is 18.2 Å². The fraction of sp³-hybridized carbons (Fsp3) is 0.333. The van der Waals surface area contributed by atoms with Crippen molar-refractivity contribution in [2.75, 3.05) is 19.8 Å². The van der Waals surface area contributed by atoms with Crippen LogP contribution in [0.4, 0.5) is 0 Å². The molecule has 0 spiro atoms. The predicted octanol–water partition coefficient (Wildman–Crippen LogP) is -0.367. The SMILES string of the molecule is O=C(NC(CO)C(=O)O)c1ccc2c(c1)OCCO2. The molecule has 2 rings (SSSR count). The van der Waals surface area contributed by atoms with Crippen molar-refractivity contribution < 1.29 is 29.3 Å². The Morgan fingerprint density at radius 2 is 1.95 bits per heavy atom. The smallest absolute Gasteiger partial charge is 0.328 e. The molecule has 1 aromatic rings. The second kappa shape index (κ2) is 5.57. The Kier molecular flexibility index (Phi) is 3.86. The molecule has 0 saturated heterocycles. The van der Waals surface area contributed by atoms with Crippen LogP contribution in [0.3, 0.4) is 0 Å². The fourth-order valence-electron chi connectivity index (χ4n) is 1.61. The summed E-state index contributed by atoms with van der Waals surface area (Å²) in [5.41, 5.74) is 0.240. The summed E-state index contributed by atoms with van der Waals surface area (Å²) in [7, 11) is 0. The van der Waals surface area contributed by atoms with Crippen LogP contribution in [0.15, 0.2) is 18.2 Å². The van der Waals surface area contributed by atoms with Crippen molar-refractivity contribution in [3.05, 3.63) is 23.8 Å². The molecule has 0 aliphatic carbocycles. The molecule has 1 atom stereocenters. The second-order valence-corrected chi connectivity index (χ2v) is 3.91. The number of carboxylic acids is 1. The number of fused-ring (bicyclic) bond motifs is 1. The van der Waals surface area contributed by atoms with Crippen LogP contribution in [0.1, 0.15) is 10.4 Å². The van der Waals surface area contributed by atoms with Crippen molar-refractivity contribution in [3.8, 4) is 11.5 Å². The lowest BCUT2D eigenvalue weighted by molar-refractivity contribution is -0.140. The number of amides is 1. The van der Waals surface area contributed by atoms with Gasteiger partial charge in [-0.2, -0.15) is 0 Å². The van der Waals surface area contributed by atoms with Crippen molar-refractivity contribution in [2.24, 2.45) is 0 Å². The lowest BCUT2D eigenvalue weighted by Gasteiger charge is -2.19. The molecule has 1 amide bonds. The van der Waals surface area contributed by atoms with Crippen LogP contribution >= 0.6 is 0 Å². The van der Waals surface area contributed by atoms with Gasteiger partial charge in [0.05, 0.1) is 6.61 Å². The number of benzene rings is 1. The topological polar surface area (TPSA) is 105 Å². The molecule has 7 heteroatoms. The van der Waals surface area contributed by atoms with Gasteiger partial charge in [0.15, 0.2) is 17.5 Å². The number of aliphatic carboxylic acids is 1. The van der Waals surface area contributed by atoms with Gasteiger partial charge >= 0.3 is 5.97 Å². The summed E-state index contributed by atoms with van der Waals surface area (Å²) >= 11 is 0. The van der Waals surface area contributed by atoms with E-state index in [2.05, 4.69) is 5.32 Å². The Bertz CT molecular complexity index is 501. The minimum Gasteiger partial charge on any atom is -0.486 e. The van der Waals surface area contributed by atoms with E-state index in [9.17, 15) is 9.59 Å². The number of carboxylic acid groups (broad SMARTS) is 1. The minimum absolute atomic E-state index is 0.240. The molecule has 0 aromatic heterocycles. The average molecular weight is 267 g/mol. The average Bonchev–Trinajstić information content (AvgIpc) is 2.43. The molecule has 1 aromatic carbocycles. The first-order chi connectivity index (χ1) is 9.11. The number of rotatable bonds is 4. The number of aliphatic hydroxyl groups is 1. The number of nitrogens with one attached hydrogen (secondary N) is 1. The van der Waals surface area contributed by atoms with Gasteiger partial charge in [0.2, 0.25) is 0 Å². The van der Waals surface area contributed by atoms with Crippen molar-refractivity contribution in [3.63, 3.8) is 0 Å². The highest BCUT2D eigenvalue weighted by molar-refractivity contribution is 5.97. The van der Waals surface area contributed by atoms with Crippen LogP contribution in [0, 0.1) is 0 Å². The third-order valence-corrected chi connectivity index (χ3v) is 2.59. The van der Waals surface area contributed by atoms with Crippen LogP contribution in [-0.4, -0.2) is 48.0 Å². The first-order valence-corrected chi connectivity index (χ1v) is 5.66. The van der Waals surface area contributed by atoms with Gasteiger partial charge in [-0.25, -0.2) is 4.79 Å². The summed E-state index contributed by atoms with van der Waals surface area (Å²) in [6.45, 7) is 0.169. The van der Waals surface area contributed by atoms with Crippen molar-refractivity contribution in [1.82, 2.24) is 5.32 Å². The molecule has 0 bridgehead atoms. The summed E-state index contributed by atoms with van der Waals surface area (Å²) < 4.78 is 10.6. The lowest BCUT2D eigenvalue weighted by Crippen LogP contribution is -2.43. The molecule has 3 N–H and O–H groups in total. The maximum absolute atomic E-state index is 11.8. The number of carbonyl (C=O) groups excluding carboxylic acids is 1. The van der Waals surface area contributed by atoms with Crippen molar-refractivity contribution >= 4 is 11.9 Å². The molecule has 102 valence electrons. The van der Waals surface area contributed by atoms with Crippen molar-refractivity contribution in [2.45, 2.75) is 6.04 Å². The molecule has 1 aliphatic heterocycles. The molecule has 1 aliphatic rings. The van der Waals surface area contributed by atoms with E-state index < -0.39 is 24.5 Å². The van der Waals surface area contributed by atoms with E-state index in [1.165, 1.54) is 12.1 Å². The third kappa shape index (κ3) is 2.94. The van der Waals surface area contributed by atoms with E-state index in [1.54, 1.807) is 6.07 Å². The zero-order valence-corrected chi connectivity index (χ0v) is 9.96. The number of hydrogen-bond acceptors (Lipinski definition) is 5. The first kappa shape index (κ1) is 13.2. The number of carbonyl (C=O) groups is 2. The van der Waals surface area contributed by atoms with Crippen LogP contribution in [0.25, 0.3) is 0 Å². The van der Waals surface area contributed by atoms with Crippen molar-refractivity contribution in [1.29, 1.82) is 0 Å². The first-order valence-electron chi connectivity index (χ1n) is 5.66. The van der Waals surface area contributed by atoms with Gasteiger partial charge in [0, 0.05) is 5.56 Å². The van der Waals surface area contributed by atoms with Gasteiger partial charge in [0.1, 0.15) is 13.2 Å². The van der Waals surface area contributed by atoms with E-state index in [-0.39, 0.29) is 5.56 Å². The van der Waals surface area contributed by atoms with Crippen LogP contribution in [0.5, 0.6) is 11.5 Å². The Labute approximate surface area is 108 Å². The van der Waals surface area contributed by atoms with E-state index in [0.717, 1.165) is 0 Å². The van der Waals surface area contributed by atoms with Crippen LogP contribution < -0.4 is 14.8 Å². The molecular formula is C12H13NO6. The Balaban J connectivity index is 2.13.